The number of nitrogens with zero attached hydrogens (tertiary/aromatic N) is 1. The van der Waals surface area contributed by atoms with Crippen molar-refractivity contribution in [2.45, 2.75) is 46.1 Å². The van der Waals surface area contributed by atoms with E-state index in [2.05, 4.69) is 63.8 Å². The predicted molar refractivity (Wildman–Crippen MR) is 102 cm³/mol. The Bertz CT molecular complexity index is 618. The molecule has 2 aromatic rings. The lowest BCUT2D eigenvalue weighted by Crippen LogP contribution is -2.29. The molecule has 0 aliphatic heterocycles. The highest BCUT2D eigenvalue weighted by Crippen LogP contribution is 2.55. The Kier molecular flexibility index (Phi) is 6.04. The standard InChI is InChI=1S/C18H28NO2PSi/c1-7-22(8-2)17(15-12-10-9-11-13-15)16-18(20-14(3)19-16)21-23(4,5)6/h9-13,17H,7-8H2,1-6H3. The van der Waals surface area contributed by atoms with Crippen LogP contribution in [0.15, 0.2) is 34.7 Å². The molecule has 0 saturated carbocycles. The molecule has 2 rings (SSSR count). The minimum atomic E-state index is -1.74. The summed E-state index contributed by atoms with van der Waals surface area (Å²) in [5.74, 6) is 1.33. The van der Waals surface area contributed by atoms with E-state index in [1.165, 1.54) is 17.9 Å². The minimum Gasteiger partial charge on any atom is -0.518 e. The highest BCUT2D eigenvalue weighted by Gasteiger charge is 2.31. The van der Waals surface area contributed by atoms with Crippen LogP contribution in [-0.4, -0.2) is 25.6 Å². The lowest BCUT2D eigenvalue weighted by Gasteiger charge is -2.26. The van der Waals surface area contributed by atoms with E-state index in [0.29, 0.717) is 11.8 Å². The van der Waals surface area contributed by atoms with Crippen molar-refractivity contribution >= 4 is 16.2 Å². The van der Waals surface area contributed by atoms with Gasteiger partial charge in [-0.25, -0.2) is 4.98 Å². The van der Waals surface area contributed by atoms with E-state index in [1.807, 2.05) is 6.92 Å². The average molecular weight is 349 g/mol. The monoisotopic (exact) mass is 349 g/mol. The molecule has 0 spiro atoms. The van der Waals surface area contributed by atoms with Crippen LogP contribution < -0.4 is 4.43 Å². The molecule has 0 N–H and O–H groups in total. The summed E-state index contributed by atoms with van der Waals surface area (Å²) in [7, 11) is -1.95. The summed E-state index contributed by atoms with van der Waals surface area (Å²) < 4.78 is 12.1. The van der Waals surface area contributed by atoms with Gasteiger partial charge in [0.2, 0.25) is 8.32 Å². The fourth-order valence-electron chi connectivity index (χ4n) is 2.71. The predicted octanol–water partition coefficient (Wildman–Crippen LogP) is 5.81. The Labute approximate surface area is 142 Å². The average Bonchev–Trinajstić information content (AvgIpc) is 2.83. The van der Waals surface area contributed by atoms with Crippen molar-refractivity contribution in [3.05, 3.63) is 47.5 Å². The van der Waals surface area contributed by atoms with Gasteiger partial charge in [0.15, 0.2) is 5.89 Å². The fraction of sp³-hybridized carbons (Fsp3) is 0.500. The molecule has 3 nitrogen and oxygen atoms in total. The van der Waals surface area contributed by atoms with Crippen LogP contribution in [0.2, 0.25) is 19.6 Å². The third-order valence-corrected chi connectivity index (χ3v) is 7.37. The van der Waals surface area contributed by atoms with Crippen LogP contribution >= 0.6 is 7.92 Å². The van der Waals surface area contributed by atoms with Crippen LogP contribution in [0.25, 0.3) is 0 Å². The van der Waals surface area contributed by atoms with Crippen molar-refractivity contribution in [1.82, 2.24) is 4.98 Å². The highest BCUT2D eigenvalue weighted by atomic mass is 31.1. The third-order valence-electron chi connectivity index (χ3n) is 3.68. The molecular formula is C18H28NO2PSi. The Hall–Kier alpha value is -1.12. The van der Waals surface area contributed by atoms with Gasteiger partial charge in [0, 0.05) is 6.92 Å². The number of benzene rings is 1. The zero-order chi connectivity index (χ0) is 17.0. The van der Waals surface area contributed by atoms with Gasteiger partial charge in [0.25, 0.3) is 5.95 Å². The van der Waals surface area contributed by atoms with Crippen molar-refractivity contribution in [3.63, 3.8) is 0 Å². The molecule has 126 valence electrons. The first kappa shape index (κ1) is 18.2. The van der Waals surface area contributed by atoms with Crippen molar-refractivity contribution in [2.75, 3.05) is 12.3 Å². The molecule has 0 fully saturated rings. The molecule has 0 aliphatic carbocycles. The van der Waals surface area contributed by atoms with Crippen molar-refractivity contribution < 1.29 is 8.84 Å². The van der Waals surface area contributed by atoms with Gasteiger partial charge in [0.1, 0.15) is 5.69 Å². The molecule has 0 amide bonds. The lowest BCUT2D eigenvalue weighted by molar-refractivity contribution is 0.369. The second-order valence-corrected chi connectivity index (χ2v) is 14.0. The summed E-state index contributed by atoms with van der Waals surface area (Å²) in [5.41, 5.74) is 2.59. The molecule has 0 saturated heterocycles. The van der Waals surface area contributed by atoms with E-state index in [0.717, 1.165) is 5.69 Å². The number of aryl methyl sites for hydroxylation is 1. The van der Waals surface area contributed by atoms with Crippen molar-refractivity contribution in [2.24, 2.45) is 0 Å². The number of hydrogen-bond donors (Lipinski definition) is 0. The summed E-state index contributed by atoms with van der Waals surface area (Å²) in [6.07, 6.45) is 2.34. The van der Waals surface area contributed by atoms with Crippen LogP contribution in [0.5, 0.6) is 5.95 Å². The first-order chi connectivity index (χ1) is 10.9. The van der Waals surface area contributed by atoms with Gasteiger partial charge in [0.05, 0.1) is 5.66 Å². The zero-order valence-corrected chi connectivity index (χ0v) is 17.0. The second-order valence-electron chi connectivity index (χ2n) is 6.65. The molecule has 0 aliphatic rings. The van der Waals surface area contributed by atoms with E-state index >= 15 is 0 Å². The summed E-state index contributed by atoms with van der Waals surface area (Å²) in [5, 5.41) is 0. The Morgan fingerprint density at radius 3 is 2.26 bits per heavy atom. The third kappa shape index (κ3) is 4.68. The van der Waals surface area contributed by atoms with Gasteiger partial charge in [-0.2, -0.15) is 0 Å². The van der Waals surface area contributed by atoms with E-state index in [1.54, 1.807) is 0 Å². The second kappa shape index (κ2) is 7.63. The van der Waals surface area contributed by atoms with Gasteiger partial charge >= 0.3 is 0 Å². The molecular weight excluding hydrogens is 321 g/mol. The molecule has 5 heteroatoms. The largest absolute Gasteiger partial charge is 0.518 e. The first-order valence-electron chi connectivity index (χ1n) is 8.31. The number of oxazole rings is 1. The topological polar surface area (TPSA) is 35.3 Å². The van der Waals surface area contributed by atoms with Gasteiger partial charge < -0.3 is 8.84 Å². The summed E-state index contributed by atoms with van der Waals surface area (Å²) in [4.78, 5) is 4.74. The zero-order valence-electron chi connectivity index (χ0n) is 15.1. The molecule has 1 atom stereocenters. The molecule has 23 heavy (non-hydrogen) atoms. The van der Waals surface area contributed by atoms with E-state index < -0.39 is 8.32 Å². The maximum atomic E-state index is 6.22. The number of hydrogen-bond acceptors (Lipinski definition) is 3. The smallest absolute Gasteiger partial charge is 0.295 e. The SMILES string of the molecule is CCP(CC)C(c1ccccc1)c1nc(C)oc1O[Si](C)(C)C. The van der Waals surface area contributed by atoms with Crippen LogP contribution in [-0.2, 0) is 0 Å². The molecule has 1 heterocycles. The van der Waals surface area contributed by atoms with E-state index in [-0.39, 0.29) is 13.6 Å². The van der Waals surface area contributed by atoms with Crippen LogP contribution in [0, 0.1) is 6.92 Å². The molecule has 1 aromatic heterocycles. The normalized spacial score (nSPS) is 13.3. The summed E-state index contributed by atoms with van der Waals surface area (Å²) >= 11 is 0. The van der Waals surface area contributed by atoms with Crippen molar-refractivity contribution in [3.8, 4) is 5.95 Å². The minimum absolute atomic E-state index is 0.204. The van der Waals surface area contributed by atoms with Crippen LogP contribution in [0.4, 0.5) is 0 Å². The maximum absolute atomic E-state index is 6.22. The van der Waals surface area contributed by atoms with Gasteiger partial charge in [-0.05, 0) is 37.5 Å². The highest BCUT2D eigenvalue weighted by molar-refractivity contribution is 7.58. The van der Waals surface area contributed by atoms with Gasteiger partial charge in [-0.1, -0.05) is 52.1 Å². The Morgan fingerprint density at radius 2 is 1.74 bits per heavy atom. The van der Waals surface area contributed by atoms with E-state index in [9.17, 15) is 0 Å². The first-order valence-corrected chi connectivity index (χ1v) is 13.5. The Morgan fingerprint density at radius 1 is 1.13 bits per heavy atom. The molecule has 0 radical (unpaired) electrons. The van der Waals surface area contributed by atoms with Gasteiger partial charge in [-0.15, -0.1) is 0 Å². The summed E-state index contributed by atoms with van der Waals surface area (Å²) in [6, 6.07) is 10.7. The number of rotatable bonds is 7. The Balaban J connectivity index is 2.52. The van der Waals surface area contributed by atoms with Crippen LogP contribution in [0.1, 0.15) is 36.7 Å². The number of aromatic nitrogens is 1. The van der Waals surface area contributed by atoms with Crippen LogP contribution in [0.3, 0.4) is 0 Å². The maximum Gasteiger partial charge on any atom is 0.295 e. The molecule has 1 unspecified atom stereocenters. The van der Waals surface area contributed by atoms with E-state index in [4.69, 9.17) is 13.8 Å². The quantitative estimate of drug-likeness (QED) is 0.467. The fourth-order valence-corrected chi connectivity index (χ4v) is 5.70. The van der Waals surface area contributed by atoms with Crippen molar-refractivity contribution in [1.29, 1.82) is 0 Å². The summed E-state index contributed by atoms with van der Waals surface area (Å²) in [6.45, 7) is 13.0. The molecule has 1 aromatic carbocycles. The van der Waals surface area contributed by atoms with Gasteiger partial charge in [-0.3, -0.25) is 0 Å². The molecule has 0 bridgehead atoms. The lowest BCUT2D eigenvalue weighted by atomic mass is 10.1.